The van der Waals surface area contributed by atoms with Gasteiger partial charge in [0.2, 0.25) is 0 Å². The number of methoxy groups -OCH3 is 1. The fraction of sp³-hybridized carbons (Fsp3) is 0.286. The lowest BCUT2D eigenvalue weighted by molar-refractivity contribution is -0.147. The average Bonchev–Trinajstić information content (AvgIpc) is 2.39. The predicted octanol–water partition coefficient (Wildman–Crippen LogP) is 2.48. The Bertz CT molecular complexity index is 580. The number of carbonyl (C=O) groups excluding carboxylic acids is 1. The number of esters is 1. The molecule has 4 nitrogen and oxygen atoms in total. The number of aryl methyl sites for hydroxylation is 1. The van der Waals surface area contributed by atoms with Gasteiger partial charge in [-0.1, -0.05) is 12.1 Å². The maximum Gasteiger partial charge on any atom is 0.346 e. The van der Waals surface area contributed by atoms with E-state index in [1.54, 1.807) is 19.2 Å². The van der Waals surface area contributed by atoms with Crippen molar-refractivity contribution in [3.63, 3.8) is 0 Å². The molecule has 1 aromatic heterocycles. The first kappa shape index (κ1) is 12.4. The molecule has 0 aliphatic rings. The highest BCUT2D eigenvalue weighted by molar-refractivity contribution is 5.87. The van der Waals surface area contributed by atoms with E-state index >= 15 is 0 Å². The van der Waals surface area contributed by atoms with Crippen molar-refractivity contribution in [3.8, 4) is 5.75 Å². The summed E-state index contributed by atoms with van der Waals surface area (Å²) >= 11 is 0. The molecule has 2 rings (SSSR count). The fourth-order valence-electron chi connectivity index (χ4n) is 1.79. The third kappa shape index (κ3) is 2.27. The van der Waals surface area contributed by atoms with E-state index in [-0.39, 0.29) is 0 Å². The van der Waals surface area contributed by atoms with Crippen LogP contribution in [-0.2, 0) is 9.53 Å². The Hall–Kier alpha value is -2.10. The van der Waals surface area contributed by atoms with Gasteiger partial charge in [-0.3, -0.25) is 4.98 Å². The van der Waals surface area contributed by atoms with E-state index in [2.05, 4.69) is 9.72 Å². The molecule has 0 saturated carbocycles. The molecule has 0 aliphatic heterocycles. The zero-order valence-electron chi connectivity index (χ0n) is 10.6. The third-order valence-corrected chi connectivity index (χ3v) is 2.79. The maximum absolute atomic E-state index is 11.4. The highest BCUT2D eigenvalue weighted by Gasteiger charge is 2.16. The summed E-state index contributed by atoms with van der Waals surface area (Å²) in [4.78, 5) is 15.7. The van der Waals surface area contributed by atoms with E-state index in [0.29, 0.717) is 5.75 Å². The number of rotatable bonds is 3. The molecule has 0 radical (unpaired) electrons. The summed E-state index contributed by atoms with van der Waals surface area (Å²) in [5.74, 6) is 0.189. The Balaban J connectivity index is 2.40. The van der Waals surface area contributed by atoms with Gasteiger partial charge < -0.3 is 9.47 Å². The van der Waals surface area contributed by atoms with Crippen molar-refractivity contribution in [2.24, 2.45) is 0 Å². The summed E-state index contributed by atoms with van der Waals surface area (Å²) in [5, 5.41) is 1.02. The van der Waals surface area contributed by atoms with Crippen LogP contribution in [0.2, 0.25) is 0 Å². The molecule has 1 unspecified atom stereocenters. The number of nitrogens with zero attached hydrogens (tertiary/aromatic N) is 1. The van der Waals surface area contributed by atoms with Crippen molar-refractivity contribution < 1.29 is 14.3 Å². The molecular weight excluding hydrogens is 230 g/mol. The zero-order valence-corrected chi connectivity index (χ0v) is 10.6. The molecule has 0 spiro atoms. The predicted molar refractivity (Wildman–Crippen MR) is 68.6 cm³/mol. The van der Waals surface area contributed by atoms with Gasteiger partial charge in [0.05, 0.1) is 7.11 Å². The first-order valence-electron chi connectivity index (χ1n) is 5.72. The van der Waals surface area contributed by atoms with Crippen molar-refractivity contribution in [3.05, 3.63) is 36.0 Å². The monoisotopic (exact) mass is 245 g/mol. The van der Waals surface area contributed by atoms with Crippen LogP contribution in [-0.4, -0.2) is 24.2 Å². The molecule has 1 heterocycles. The fourth-order valence-corrected chi connectivity index (χ4v) is 1.79. The molecule has 0 fully saturated rings. The molecule has 0 saturated heterocycles. The van der Waals surface area contributed by atoms with Crippen molar-refractivity contribution >= 4 is 16.9 Å². The van der Waals surface area contributed by atoms with Crippen LogP contribution in [0.1, 0.15) is 12.5 Å². The normalized spacial score (nSPS) is 12.2. The number of pyridine rings is 1. The van der Waals surface area contributed by atoms with Gasteiger partial charge in [0, 0.05) is 11.6 Å². The quantitative estimate of drug-likeness (QED) is 0.779. The molecule has 1 atom stereocenters. The van der Waals surface area contributed by atoms with Gasteiger partial charge in [0.25, 0.3) is 0 Å². The number of benzene rings is 1. The van der Waals surface area contributed by atoms with Crippen molar-refractivity contribution in [1.82, 2.24) is 4.98 Å². The molecule has 0 aliphatic carbocycles. The van der Waals surface area contributed by atoms with Crippen molar-refractivity contribution in [2.45, 2.75) is 20.0 Å². The summed E-state index contributed by atoms with van der Waals surface area (Å²) in [5.41, 5.74) is 1.88. The van der Waals surface area contributed by atoms with Crippen LogP contribution in [0.25, 0.3) is 10.9 Å². The van der Waals surface area contributed by atoms with E-state index in [4.69, 9.17) is 4.74 Å². The van der Waals surface area contributed by atoms with E-state index in [0.717, 1.165) is 16.5 Å². The third-order valence-electron chi connectivity index (χ3n) is 2.79. The lowest BCUT2D eigenvalue weighted by Crippen LogP contribution is -2.25. The number of aromatic nitrogens is 1. The topological polar surface area (TPSA) is 48.4 Å². The van der Waals surface area contributed by atoms with Crippen LogP contribution in [0.5, 0.6) is 5.75 Å². The van der Waals surface area contributed by atoms with Gasteiger partial charge in [-0.15, -0.1) is 0 Å². The number of hydrogen-bond donors (Lipinski definition) is 0. The Kier molecular flexibility index (Phi) is 3.46. The van der Waals surface area contributed by atoms with Crippen LogP contribution in [0.3, 0.4) is 0 Å². The van der Waals surface area contributed by atoms with Gasteiger partial charge >= 0.3 is 5.97 Å². The van der Waals surface area contributed by atoms with Crippen LogP contribution in [0.15, 0.2) is 30.5 Å². The second-order valence-electron chi connectivity index (χ2n) is 4.06. The van der Waals surface area contributed by atoms with Crippen LogP contribution < -0.4 is 4.74 Å². The van der Waals surface area contributed by atoms with Crippen LogP contribution in [0, 0.1) is 6.92 Å². The zero-order chi connectivity index (χ0) is 13.1. The maximum atomic E-state index is 11.4. The van der Waals surface area contributed by atoms with Gasteiger partial charge in [-0.05, 0) is 31.5 Å². The first-order chi connectivity index (χ1) is 8.63. The second kappa shape index (κ2) is 5.04. The molecule has 0 bridgehead atoms. The number of ether oxygens (including phenoxy) is 2. The average molecular weight is 245 g/mol. The van der Waals surface area contributed by atoms with E-state index in [9.17, 15) is 4.79 Å². The summed E-state index contributed by atoms with van der Waals surface area (Å²) in [6, 6.07) is 7.60. The molecule has 4 heteroatoms. The number of hydrogen-bond acceptors (Lipinski definition) is 4. The Morgan fingerprint density at radius 1 is 1.33 bits per heavy atom. The Morgan fingerprint density at radius 2 is 2.11 bits per heavy atom. The van der Waals surface area contributed by atoms with Crippen molar-refractivity contribution in [2.75, 3.05) is 7.11 Å². The summed E-state index contributed by atoms with van der Waals surface area (Å²) in [7, 11) is 1.34. The summed E-state index contributed by atoms with van der Waals surface area (Å²) in [6.45, 7) is 3.66. The minimum Gasteiger partial charge on any atom is -0.477 e. The molecular formula is C14H15NO3. The summed E-state index contributed by atoms with van der Waals surface area (Å²) < 4.78 is 10.2. The van der Waals surface area contributed by atoms with Crippen LogP contribution in [0.4, 0.5) is 0 Å². The van der Waals surface area contributed by atoms with Gasteiger partial charge in [0.15, 0.2) is 6.10 Å². The SMILES string of the molecule is COC(=O)C(C)Oc1cccc2c(C)ccnc12. The Labute approximate surface area is 106 Å². The van der Waals surface area contributed by atoms with Crippen LogP contribution >= 0.6 is 0 Å². The molecule has 94 valence electrons. The molecule has 18 heavy (non-hydrogen) atoms. The molecule has 2 aromatic rings. The number of fused-ring (bicyclic) bond motifs is 1. The minimum absolute atomic E-state index is 0.403. The van der Waals surface area contributed by atoms with Gasteiger partial charge in [-0.2, -0.15) is 0 Å². The second-order valence-corrected chi connectivity index (χ2v) is 4.06. The molecule has 1 aromatic carbocycles. The molecule has 0 N–H and O–H groups in total. The minimum atomic E-state index is -0.650. The van der Waals surface area contributed by atoms with Gasteiger partial charge in [0.1, 0.15) is 11.3 Å². The highest BCUT2D eigenvalue weighted by atomic mass is 16.6. The largest absolute Gasteiger partial charge is 0.477 e. The number of carbonyl (C=O) groups is 1. The Morgan fingerprint density at radius 3 is 2.83 bits per heavy atom. The number of para-hydroxylation sites is 1. The molecule has 0 amide bonds. The van der Waals surface area contributed by atoms with E-state index in [1.165, 1.54) is 7.11 Å². The highest BCUT2D eigenvalue weighted by Crippen LogP contribution is 2.26. The first-order valence-corrected chi connectivity index (χ1v) is 5.72. The lowest BCUT2D eigenvalue weighted by atomic mass is 10.1. The summed E-state index contributed by atoms with van der Waals surface area (Å²) in [6.07, 6.45) is 1.08. The van der Waals surface area contributed by atoms with Gasteiger partial charge in [-0.25, -0.2) is 4.79 Å². The standard InChI is InChI=1S/C14H15NO3/c1-9-7-8-15-13-11(9)5-4-6-12(13)18-10(2)14(16)17-3/h4-8,10H,1-3H3. The van der Waals surface area contributed by atoms with E-state index in [1.807, 2.05) is 25.1 Å². The lowest BCUT2D eigenvalue weighted by Gasteiger charge is -2.14. The van der Waals surface area contributed by atoms with Crippen molar-refractivity contribution in [1.29, 1.82) is 0 Å². The smallest absolute Gasteiger partial charge is 0.346 e. The van der Waals surface area contributed by atoms with E-state index < -0.39 is 12.1 Å².